The number of nitrogens with one attached hydrogen (secondary N) is 2. The third-order valence-electron chi connectivity index (χ3n) is 2.71. The van der Waals surface area contributed by atoms with Crippen LogP contribution in [0, 0.1) is 11.3 Å². The first-order valence-corrected chi connectivity index (χ1v) is 6.24. The van der Waals surface area contributed by atoms with E-state index in [1.54, 1.807) is 45.4 Å². The lowest BCUT2D eigenvalue weighted by Crippen LogP contribution is -3.11. The molecule has 6 nitrogen and oxygen atoms in total. The topological polar surface area (TPSA) is 77.6 Å². The van der Waals surface area contributed by atoms with Crippen LogP contribution in [0.3, 0.4) is 0 Å². The Morgan fingerprint density at radius 3 is 2.35 bits per heavy atom. The quantitative estimate of drug-likeness (QED) is 0.731. The minimum atomic E-state index is -0.168. The fourth-order valence-corrected chi connectivity index (χ4v) is 1.59. The zero-order chi connectivity index (χ0) is 15.1. The monoisotopic (exact) mass is 275 g/mol. The molecule has 106 valence electrons. The van der Waals surface area contributed by atoms with Crippen LogP contribution in [0.1, 0.15) is 5.56 Å². The summed E-state index contributed by atoms with van der Waals surface area (Å²) in [6.45, 7) is 0.480. The molecule has 0 aliphatic heterocycles. The number of nitriles is 1. The third kappa shape index (κ3) is 5.08. The highest BCUT2D eigenvalue weighted by molar-refractivity contribution is 5.91. The van der Waals surface area contributed by atoms with Crippen molar-refractivity contribution in [1.29, 1.82) is 5.26 Å². The minimum Gasteiger partial charge on any atom is -0.344 e. The highest BCUT2D eigenvalue weighted by Crippen LogP contribution is 2.07. The van der Waals surface area contributed by atoms with E-state index in [-0.39, 0.29) is 24.9 Å². The molecule has 0 spiro atoms. The normalized spacial score (nSPS) is 11.3. The number of hydrogen-bond donors (Lipinski definition) is 2. The van der Waals surface area contributed by atoms with Gasteiger partial charge in [-0.3, -0.25) is 9.59 Å². The molecule has 0 aromatic heterocycles. The highest BCUT2D eigenvalue weighted by Gasteiger charge is 2.15. The first-order chi connectivity index (χ1) is 9.42. The predicted octanol–water partition coefficient (Wildman–Crippen LogP) is -0.900. The summed E-state index contributed by atoms with van der Waals surface area (Å²) in [6, 6.07) is 8.65. The number of benzene rings is 1. The lowest BCUT2D eigenvalue weighted by Gasteiger charge is -2.16. The number of carbonyl (C=O) groups excluding carboxylic acids is 2. The van der Waals surface area contributed by atoms with E-state index in [0.29, 0.717) is 11.3 Å². The Morgan fingerprint density at radius 2 is 1.85 bits per heavy atom. The number of carbonyl (C=O) groups is 2. The SMILES string of the molecule is CN(C)C(=O)C[NH+](C)CC(=O)Nc1ccc(C#N)cc1. The van der Waals surface area contributed by atoms with Gasteiger partial charge in [-0.15, -0.1) is 0 Å². The maximum atomic E-state index is 11.8. The molecule has 0 aliphatic rings. The molecule has 0 fully saturated rings. The Kier molecular flexibility index (Phi) is 5.69. The van der Waals surface area contributed by atoms with Crippen LogP contribution in [0.2, 0.25) is 0 Å². The van der Waals surface area contributed by atoms with E-state index >= 15 is 0 Å². The maximum Gasteiger partial charge on any atom is 0.279 e. The second-order valence-corrected chi connectivity index (χ2v) is 4.84. The van der Waals surface area contributed by atoms with E-state index in [9.17, 15) is 9.59 Å². The molecule has 2 amide bonds. The van der Waals surface area contributed by atoms with Crippen LogP contribution in [0.5, 0.6) is 0 Å². The van der Waals surface area contributed by atoms with Crippen LogP contribution in [0.4, 0.5) is 5.69 Å². The molecule has 0 heterocycles. The number of rotatable bonds is 5. The van der Waals surface area contributed by atoms with Gasteiger partial charge >= 0.3 is 0 Å². The average molecular weight is 275 g/mol. The molecule has 0 saturated carbocycles. The lowest BCUT2D eigenvalue weighted by atomic mass is 10.2. The largest absolute Gasteiger partial charge is 0.344 e. The summed E-state index contributed by atoms with van der Waals surface area (Å²) in [6.07, 6.45) is 0. The van der Waals surface area contributed by atoms with Crippen LogP contribution in [0.15, 0.2) is 24.3 Å². The number of quaternary nitrogens is 1. The number of nitrogens with zero attached hydrogens (tertiary/aromatic N) is 2. The minimum absolute atomic E-state index is 0.0197. The van der Waals surface area contributed by atoms with Crippen molar-refractivity contribution in [3.63, 3.8) is 0 Å². The molecular formula is C14H19N4O2+. The molecule has 1 aromatic rings. The van der Waals surface area contributed by atoms with Gasteiger partial charge in [-0.25, -0.2) is 0 Å². The first kappa shape index (κ1) is 15.7. The fourth-order valence-electron chi connectivity index (χ4n) is 1.59. The molecule has 1 aromatic carbocycles. The molecule has 2 N–H and O–H groups in total. The van der Waals surface area contributed by atoms with Crippen molar-refractivity contribution < 1.29 is 14.5 Å². The summed E-state index contributed by atoms with van der Waals surface area (Å²) < 4.78 is 0. The van der Waals surface area contributed by atoms with Crippen LogP contribution in [-0.4, -0.2) is 50.9 Å². The van der Waals surface area contributed by atoms with E-state index in [4.69, 9.17) is 5.26 Å². The highest BCUT2D eigenvalue weighted by atomic mass is 16.2. The van der Waals surface area contributed by atoms with Crippen LogP contribution in [0.25, 0.3) is 0 Å². The molecule has 0 radical (unpaired) electrons. The summed E-state index contributed by atoms with van der Waals surface area (Å²) in [4.78, 5) is 25.6. The van der Waals surface area contributed by atoms with Crippen molar-refractivity contribution in [1.82, 2.24) is 4.90 Å². The van der Waals surface area contributed by atoms with Gasteiger partial charge in [0.05, 0.1) is 18.7 Å². The zero-order valence-corrected chi connectivity index (χ0v) is 11.9. The van der Waals surface area contributed by atoms with Gasteiger partial charge in [0.15, 0.2) is 13.1 Å². The number of anilines is 1. The van der Waals surface area contributed by atoms with E-state index in [1.807, 2.05) is 6.07 Å². The van der Waals surface area contributed by atoms with Gasteiger partial charge in [-0.1, -0.05) is 0 Å². The van der Waals surface area contributed by atoms with Crippen molar-refractivity contribution in [2.75, 3.05) is 39.5 Å². The summed E-state index contributed by atoms with van der Waals surface area (Å²) >= 11 is 0. The van der Waals surface area contributed by atoms with E-state index in [0.717, 1.165) is 4.90 Å². The average Bonchev–Trinajstić information content (AvgIpc) is 2.39. The van der Waals surface area contributed by atoms with Crippen molar-refractivity contribution in [3.05, 3.63) is 29.8 Å². The molecule has 1 rings (SSSR count). The van der Waals surface area contributed by atoms with Crippen molar-refractivity contribution in [2.24, 2.45) is 0 Å². The number of amides is 2. The molecule has 0 aliphatic carbocycles. The van der Waals surface area contributed by atoms with Crippen LogP contribution >= 0.6 is 0 Å². The molecule has 0 saturated heterocycles. The molecular weight excluding hydrogens is 256 g/mol. The van der Waals surface area contributed by atoms with E-state index < -0.39 is 0 Å². The van der Waals surface area contributed by atoms with Gasteiger partial charge < -0.3 is 15.1 Å². The van der Waals surface area contributed by atoms with Crippen molar-refractivity contribution in [3.8, 4) is 6.07 Å². The first-order valence-electron chi connectivity index (χ1n) is 6.24. The van der Waals surface area contributed by atoms with Crippen molar-refractivity contribution in [2.45, 2.75) is 0 Å². The van der Waals surface area contributed by atoms with Gasteiger partial charge in [0, 0.05) is 19.8 Å². The van der Waals surface area contributed by atoms with Crippen molar-refractivity contribution >= 4 is 17.5 Å². The van der Waals surface area contributed by atoms with Gasteiger partial charge in [0.25, 0.3) is 11.8 Å². The second kappa shape index (κ2) is 7.26. The molecule has 6 heteroatoms. The van der Waals surface area contributed by atoms with Crippen LogP contribution in [-0.2, 0) is 9.59 Å². The Morgan fingerprint density at radius 1 is 1.25 bits per heavy atom. The van der Waals surface area contributed by atoms with E-state index in [1.165, 1.54) is 4.90 Å². The Hall–Kier alpha value is -2.39. The molecule has 20 heavy (non-hydrogen) atoms. The third-order valence-corrected chi connectivity index (χ3v) is 2.71. The maximum absolute atomic E-state index is 11.8. The van der Waals surface area contributed by atoms with E-state index in [2.05, 4.69) is 5.32 Å². The van der Waals surface area contributed by atoms with Gasteiger partial charge in [0.1, 0.15) is 0 Å². The molecule has 1 atom stereocenters. The van der Waals surface area contributed by atoms with Gasteiger partial charge in [0.2, 0.25) is 0 Å². The summed E-state index contributed by atoms with van der Waals surface area (Å²) in [5.41, 5.74) is 1.18. The fraction of sp³-hybridized carbons (Fsp3) is 0.357. The molecule has 0 bridgehead atoms. The zero-order valence-electron chi connectivity index (χ0n) is 11.9. The summed E-state index contributed by atoms with van der Waals surface area (Å²) in [5, 5.41) is 11.4. The number of likely N-dealkylation sites (N-methyl/N-ethyl adjacent to an activating group) is 2. The Balaban J connectivity index is 2.46. The second-order valence-electron chi connectivity index (χ2n) is 4.84. The van der Waals surface area contributed by atoms with Gasteiger partial charge in [-0.2, -0.15) is 5.26 Å². The molecule has 1 unspecified atom stereocenters. The summed E-state index contributed by atoms with van der Waals surface area (Å²) in [5.74, 6) is -0.188. The lowest BCUT2D eigenvalue weighted by molar-refractivity contribution is -0.862. The van der Waals surface area contributed by atoms with Gasteiger partial charge in [-0.05, 0) is 24.3 Å². The number of hydrogen-bond acceptors (Lipinski definition) is 3. The predicted molar refractivity (Wildman–Crippen MR) is 75.1 cm³/mol. The summed E-state index contributed by atoms with van der Waals surface area (Å²) in [7, 11) is 5.17. The standard InChI is InChI=1S/C14H18N4O2/c1-17(2)14(20)10-18(3)9-13(19)16-12-6-4-11(8-15)5-7-12/h4-7H,9-10H2,1-3H3,(H,16,19)/p+1. The van der Waals surface area contributed by atoms with Crippen LogP contribution < -0.4 is 10.2 Å². The Labute approximate surface area is 118 Å². The Bertz CT molecular complexity index is 517. The smallest absolute Gasteiger partial charge is 0.279 e.